The first kappa shape index (κ1) is 19.6. The van der Waals surface area contributed by atoms with E-state index in [4.69, 9.17) is 9.84 Å². The number of carbonyl (C=O) groups is 2. The summed E-state index contributed by atoms with van der Waals surface area (Å²) in [7, 11) is 0. The number of rotatable bonds is 5. The van der Waals surface area contributed by atoms with E-state index in [9.17, 15) is 9.59 Å². The fourth-order valence-electron chi connectivity index (χ4n) is 4.10. The van der Waals surface area contributed by atoms with Gasteiger partial charge in [0.15, 0.2) is 11.6 Å². The zero-order valence-electron chi connectivity index (χ0n) is 16.3. The molecule has 0 aliphatic carbocycles. The van der Waals surface area contributed by atoms with E-state index in [0.29, 0.717) is 17.7 Å². The average molecular weight is 391 g/mol. The SMILES string of the molecule is O=C(/C=C/c1ccc2c(c1)C(=O)CC1(CCN(Cc3ccccc3)CC1)O2)CO. The van der Waals surface area contributed by atoms with Gasteiger partial charge in [0, 0.05) is 32.5 Å². The molecule has 2 aromatic carbocycles. The highest BCUT2D eigenvalue weighted by atomic mass is 16.5. The van der Waals surface area contributed by atoms with Gasteiger partial charge >= 0.3 is 0 Å². The summed E-state index contributed by atoms with van der Waals surface area (Å²) in [5, 5.41) is 8.81. The topological polar surface area (TPSA) is 66.8 Å². The molecule has 150 valence electrons. The van der Waals surface area contributed by atoms with Crippen molar-refractivity contribution in [3.63, 3.8) is 0 Å². The Morgan fingerprint density at radius 3 is 2.62 bits per heavy atom. The minimum atomic E-state index is -0.521. The van der Waals surface area contributed by atoms with Crippen LogP contribution >= 0.6 is 0 Å². The van der Waals surface area contributed by atoms with Gasteiger partial charge in [-0.3, -0.25) is 14.5 Å². The third kappa shape index (κ3) is 4.47. The summed E-state index contributed by atoms with van der Waals surface area (Å²) in [5.41, 5.74) is 2.20. The van der Waals surface area contributed by atoms with Gasteiger partial charge in [0.05, 0.1) is 12.0 Å². The van der Waals surface area contributed by atoms with Gasteiger partial charge in [-0.25, -0.2) is 0 Å². The van der Waals surface area contributed by atoms with Crippen LogP contribution in [0.4, 0.5) is 0 Å². The first-order valence-corrected chi connectivity index (χ1v) is 10.0. The molecule has 2 aliphatic rings. The number of aliphatic hydroxyl groups excluding tert-OH is 1. The number of aliphatic hydroxyl groups is 1. The summed E-state index contributed by atoms with van der Waals surface area (Å²) < 4.78 is 6.35. The highest BCUT2D eigenvalue weighted by Crippen LogP contribution is 2.40. The molecule has 0 radical (unpaired) electrons. The van der Waals surface area contributed by atoms with Crippen LogP contribution < -0.4 is 4.74 Å². The molecule has 0 bridgehead atoms. The molecule has 0 aromatic heterocycles. The average Bonchev–Trinajstić information content (AvgIpc) is 2.75. The maximum atomic E-state index is 12.9. The normalized spacial score (nSPS) is 18.6. The number of carbonyl (C=O) groups excluding carboxylic acids is 2. The molecule has 1 N–H and O–H groups in total. The summed E-state index contributed by atoms with van der Waals surface area (Å²) >= 11 is 0. The highest BCUT2D eigenvalue weighted by Gasteiger charge is 2.42. The number of piperidine rings is 1. The fourth-order valence-corrected chi connectivity index (χ4v) is 4.10. The van der Waals surface area contributed by atoms with Crippen molar-refractivity contribution >= 4 is 17.6 Å². The number of benzene rings is 2. The number of Topliss-reactive ketones (excluding diaryl/α,β-unsaturated/α-hetero) is 1. The van der Waals surface area contributed by atoms with Crippen LogP contribution in [0.1, 0.15) is 40.7 Å². The maximum absolute atomic E-state index is 12.9. The first-order chi connectivity index (χ1) is 14.1. The van der Waals surface area contributed by atoms with Crippen LogP contribution in [0.15, 0.2) is 54.6 Å². The summed E-state index contributed by atoms with van der Waals surface area (Å²) in [6, 6.07) is 15.8. The minimum absolute atomic E-state index is 0.0893. The van der Waals surface area contributed by atoms with Crippen LogP contribution in [0.2, 0.25) is 0 Å². The summed E-state index contributed by atoms with van der Waals surface area (Å²) in [4.78, 5) is 26.5. The second-order valence-corrected chi connectivity index (χ2v) is 7.86. The zero-order valence-corrected chi connectivity index (χ0v) is 16.3. The Balaban J connectivity index is 1.43. The van der Waals surface area contributed by atoms with E-state index in [-0.39, 0.29) is 11.6 Å². The lowest BCUT2D eigenvalue weighted by atomic mass is 9.82. The van der Waals surface area contributed by atoms with Crippen molar-refractivity contribution in [2.45, 2.75) is 31.4 Å². The quantitative estimate of drug-likeness (QED) is 0.793. The Morgan fingerprint density at radius 2 is 1.90 bits per heavy atom. The van der Waals surface area contributed by atoms with E-state index in [2.05, 4.69) is 29.2 Å². The molecule has 2 aromatic rings. The lowest BCUT2D eigenvalue weighted by Gasteiger charge is -2.44. The number of ether oxygens (including phenoxy) is 1. The van der Waals surface area contributed by atoms with Gasteiger partial charge in [-0.1, -0.05) is 42.5 Å². The number of fused-ring (bicyclic) bond motifs is 1. The maximum Gasteiger partial charge on any atom is 0.181 e. The van der Waals surface area contributed by atoms with E-state index in [0.717, 1.165) is 38.0 Å². The largest absolute Gasteiger partial charge is 0.486 e. The van der Waals surface area contributed by atoms with Crippen LogP contribution in [-0.4, -0.2) is 46.9 Å². The number of hydrogen-bond donors (Lipinski definition) is 1. The molecule has 0 atom stereocenters. The van der Waals surface area contributed by atoms with Crippen LogP contribution in [-0.2, 0) is 11.3 Å². The number of ketones is 2. The molecule has 29 heavy (non-hydrogen) atoms. The molecular weight excluding hydrogens is 366 g/mol. The molecule has 0 unspecified atom stereocenters. The molecule has 5 nitrogen and oxygen atoms in total. The van der Waals surface area contributed by atoms with Gasteiger partial charge in [-0.2, -0.15) is 0 Å². The Bertz CT molecular complexity index is 927. The zero-order chi connectivity index (χ0) is 20.3. The molecule has 5 heteroatoms. The van der Waals surface area contributed by atoms with Crippen molar-refractivity contribution in [2.24, 2.45) is 0 Å². The van der Waals surface area contributed by atoms with Gasteiger partial charge in [-0.05, 0) is 29.3 Å². The van der Waals surface area contributed by atoms with Crippen LogP contribution in [0.3, 0.4) is 0 Å². The smallest absolute Gasteiger partial charge is 0.181 e. The molecule has 0 amide bonds. The molecule has 1 spiro atoms. The Morgan fingerprint density at radius 1 is 1.14 bits per heavy atom. The molecule has 1 fully saturated rings. The second kappa shape index (κ2) is 8.31. The third-order valence-corrected chi connectivity index (χ3v) is 5.75. The molecular formula is C24H25NO4. The monoisotopic (exact) mass is 391 g/mol. The van der Waals surface area contributed by atoms with Gasteiger partial charge in [0.25, 0.3) is 0 Å². The third-order valence-electron chi connectivity index (χ3n) is 5.75. The van der Waals surface area contributed by atoms with Crippen LogP contribution in [0.25, 0.3) is 6.08 Å². The van der Waals surface area contributed by atoms with Crippen molar-refractivity contribution < 1.29 is 19.4 Å². The van der Waals surface area contributed by atoms with Crippen molar-refractivity contribution in [1.82, 2.24) is 4.90 Å². The lowest BCUT2D eigenvalue weighted by Crippen LogP contribution is -2.50. The predicted octanol–water partition coefficient (Wildman–Crippen LogP) is 3.26. The predicted molar refractivity (Wildman–Crippen MR) is 111 cm³/mol. The van der Waals surface area contributed by atoms with Crippen molar-refractivity contribution in [3.8, 4) is 5.75 Å². The van der Waals surface area contributed by atoms with E-state index < -0.39 is 12.2 Å². The van der Waals surface area contributed by atoms with Gasteiger partial charge in [-0.15, -0.1) is 0 Å². The fraction of sp³-hybridized carbons (Fsp3) is 0.333. The van der Waals surface area contributed by atoms with Crippen molar-refractivity contribution in [1.29, 1.82) is 0 Å². The lowest BCUT2D eigenvalue weighted by molar-refractivity contribution is -0.117. The van der Waals surface area contributed by atoms with Crippen molar-refractivity contribution in [2.75, 3.05) is 19.7 Å². The van der Waals surface area contributed by atoms with Gasteiger partial charge in [0.1, 0.15) is 18.0 Å². The standard InChI is InChI=1S/C24H25NO4/c26-17-20(27)8-6-18-7-9-23-21(14-18)22(28)15-24(29-23)10-12-25(13-11-24)16-19-4-2-1-3-5-19/h1-9,14,26H,10-13,15-17H2/b8-6+. The van der Waals surface area contributed by atoms with E-state index >= 15 is 0 Å². The highest BCUT2D eigenvalue weighted by molar-refractivity contribution is 6.01. The Kier molecular flexibility index (Phi) is 5.60. The summed E-state index contributed by atoms with van der Waals surface area (Å²) in [5.74, 6) is 0.349. The molecule has 2 aliphatic heterocycles. The summed E-state index contributed by atoms with van der Waals surface area (Å²) in [6.45, 7) is 2.21. The van der Waals surface area contributed by atoms with E-state index in [1.807, 2.05) is 18.2 Å². The van der Waals surface area contributed by atoms with Crippen molar-refractivity contribution in [3.05, 3.63) is 71.3 Å². The minimum Gasteiger partial charge on any atom is -0.486 e. The number of likely N-dealkylation sites (tertiary alicyclic amines) is 1. The Labute approximate surface area is 170 Å². The van der Waals surface area contributed by atoms with Gasteiger partial charge in [0.2, 0.25) is 0 Å². The van der Waals surface area contributed by atoms with Crippen LogP contribution in [0.5, 0.6) is 5.75 Å². The van der Waals surface area contributed by atoms with Gasteiger partial charge < -0.3 is 9.84 Å². The molecule has 2 heterocycles. The first-order valence-electron chi connectivity index (χ1n) is 10.0. The molecule has 1 saturated heterocycles. The number of nitrogens with zero attached hydrogens (tertiary/aromatic N) is 1. The molecule has 4 rings (SSSR count). The van der Waals surface area contributed by atoms with E-state index in [1.54, 1.807) is 12.1 Å². The Hall–Kier alpha value is -2.76. The summed E-state index contributed by atoms with van der Waals surface area (Å²) in [6.07, 6.45) is 4.98. The number of hydrogen-bond acceptors (Lipinski definition) is 5. The molecule has 0 saturated carbocycles. The second-order valence-electron chi connectivity index (χ2n) is 7.86. The van der Waals surface area contributed by atoms with Crippen LogP contribution in [0, 0.1) is 0 Å². The van der Waals surface area contributed by atoms with E-state index in [1.165, 1.54) is 11.6 Å².